The molecule has 8 nitrogen and oxygen atoms in total. The number of ketones is 1. The summed E-state index contributed by atoms with van der Waals surface area (Å²) in [7, 11) is 0. The Kier molecular flexibility index (Phi) is 5.74. The van der Waals surface area contributed by atoms with Gasteiger partial charge in [0.1, 0.15) is 0 Å². The largest absolute Gasteiger partial charge is 0.454 e. The van der Waals surface area contributed by atoms with Gasteiger partial charge >= 0.3 is 0 Å². The lowest BCUT2D eigenvalue weighted by Crippen LogP contribution is -2.50. The van der Waals surface area contributed by atoms with Crippen LogP contribution in [0, 0.1) is 6.92 Å². The van der Waals surface area contributed by atoms with E-state index in [4.69, 9.17) is 9.47 Å². The molecule has 2 aliphatic heterocycles. The van der Waals surface area contributed by atoms with Gasteiger partial charge in [-0.05, 0) is 32.0 Å². The molecule has 0 saturated carbocycles. The van der Waals surface area contributed by atoms with E-state index < -0.39 is 0 Å². The average molecular weight is 429 g/mol. The smallest absolute Gasteiger partial charge is 0.264 e. The molecule has 0 unspecified atom stereocenters. The van der Waals surface area contributed by atoms with Crippen molar-refractivity contribution in [1.29, 1.82) is 0 Å². The number of carbonyl (C=O) groups is 3. The summed E-state index contributed by atoms with van der Waals surface area (Å²) >= 11 is 1.50. The Labute approximate surface area is 178 Å². The van der Waals surface area contributed by atoms with Crippen LogP contribution in [-0.2, 0) is 4.79 Å². The number of hydrogen-bond acceptors (Lipinski definition) is 7. The Morgan fingerprint density at radius 1 is 1.07 bits per heavy atom. The third-order valence-corrected chi connectivity index (χ3v) is 6.13. The number of benzene rings is 1. The van der Waals surface area contributed by atoms with E-state index in [0.717, 1.165) is 9.75 Å². The number of amides is 2. The molecule has 0 aliphatic carbocycles. The first kappa shape index (κ1) is 20.4. The quantitative estimate of drug-likeness (QED) is 0.735. The van der Waals surface area contributed by atoms with E-state index in [-0.39, 0.29) is 30.9 Å². The van der Waals surface area contributed by atoms with Crippen LogP contribution in [0.4, 0.5) is 5.69 Å². The Bertz CT molecular complexity index is 995. The number of nitrogens with one attached hydrogen (secondary N) is 1. The van der Waals surface area contributed by atoms with Gasteiger partial charge < -0.3 is 19.7 Å². The fraction of sp³-hybridized carbons (Fsp3) is 0.381. The summed E-state index contributed by atoms with van der Waals surface area (Å²) in [5.41, 5.74) is 0.799. The highest BCUT2D eigenvalue weighted by atomic mass is 32.1. The molecule has 0 atom stereocenters. The van der Waals surface area contributed by atoms with E-state index in [1.54, 1.807) is 12.1 Å². The summed E-state index contributed by atoms with van der Waals surface area (Å²) in [6, 6.07) is 7.03. The first-order chi connectivity index (χ1) is 14.4. The molecule has 2 aromatic rings. The van der Waals surface area contributed by atoms with Gasteiger partial charge in [-0.15, -0.1) is 11.3 Å². The first-order valence-electron chi connectivity index (χ1n) is 9.73. The second-order valence-electron chi connectivity index (χ2n) is 7.33. The number of ether oxygens (including phenoxy) is 2. The zero-order chi connectivity index (χ0) is 21.3. The summed E-state index contributed by atoms with van der Waals surface area (Å²) in [6.45, 7) is 6.09. The molecule has 2 amide bonds. The molecular formula is C21H23N3O5S. The van der Waals surface area contributed by atoms with E-state index in [1.807, 2.05) is 28.9 Å². The molecule has 9 heteroatoms. The van der Waals surface area contributed by atoms with Crippen molar-refractivity contribution in [1.82, 2.24) is 9.80 Å². The minimum atomic E-state index is -0.218. The van der Waals surface area contributed by atoms with Crippen LogP contribution in [0.15, 0.2) is 24.3 Å². The van der Waals surface area contributed by atoms with Crippen molar-refractivity contribution in [2.24, 2.45) is 0 Å². The SMILES string of the molecule is CC(=O)c1cc2c(cc1NC(=O)CN1CCN(C(=O)c3ccc(C)s3)CC1)OCO2. The lowest BCUT2D eigenvalue weighted by molar-refractivity contribution is -0.117. The second kappa shape index (κ2) is 8.45. The fourth-order valence-corrected chi connectivity index (χ4v) is 4.38. The summed E-state index contributed by atoms with van der Waals surface area (Å²) in [5.74, 6) is 0.666. The van der Waals surface area contributed by atoms with Crippen molar-refractivity contribution < 1.29 is 23.9 Å². The molecule has 158 valence electrons. The van der Waals surface area contributed by atoms with Crippen LogP contribution in [-0.4, -0.2) is 66.9 Å². The summed E-state index contributed by atoms with van der Waals surface area (Å²) in [5, 5.41) is 2.82. The van der Waals surface area contributed by atoms with Gasteiger partial charge in [-0.25, -0.2) is 0 Å². The summed E-state index contributed by atoms with van der Waals surface area (Å²) in [6.07, 6.45) is 0. The van der Waals surface area contributed by atoms with Crippen LogP contribution in [0.3, 0.4) is 0 Å². The third kappa shape index (κ3) is 4.31. The van der Waals surface area contributed by atoms with Gasteiger partial charge in [-0.3, -0.25) is 19.3 Å². The molecule has 3 heterocycles. The monoisotopic (exact) mass is 429 g/mol. The average Bonchev–Trinajstić information content (AvgIpc) is 3.35. The van der Waals surface area contributed by atoms with E-state index >= 15 is 0 Å². The molecule has 0 bridgehead atoms. The summed E-state index contributed by atoms with van der Waals surface area (Å²) < 4.78 is 10.7. The van der Waals surface area contributed by atoms with Gasteiger partial charge in [0.2, 0.25) is 12.7 Å². The standard InChI is InChI=1S/C21H23N3O5S/c1-13-3-4-19(30-13)21(27)24-7-5-23(6-8-24)11-20(26)22-16-10-18-17(28-12-29-18)9-15(16)14(2)25/h3-4,9-10H,5-8,11-12H2,1-2H3,(H,22,26). The number of piperazine rings is 1. The highest BCUT2D eigenvalue weighted by Gasteiger charge is 2.25. The van der Waals surface area contributed by atoms with Gasteiger partial charge in [0.25, 0.3) is 5.91 Å². The Balaban J connectivity index is 1.33. The van der Waals surface area contributed by atoms with Crippen LogP contribution in [0.25, 0.3) is 0 Å². The number of thiophene rings is 1. The van der Waals surface area contributed by atoms with E-state index in [0.29, 0.717) is 48.9 Å². The maximum Gasteiger partial charge on any atom is 0.264 e. The maximum atomic E-state index is 12.6. The van der Waals surface area contributed by atoms with Gasteiger partial charge in [0.15, 0.2) is 17.3 Å². The highest BCUT2D eigenvalue weighted by molar-refractivity contribution is 7.13. The van der Waals surface area contributed by atoms with E-state index in [9.17, 15) is 14.4 Å². The minimum absolute atomic E-state index is 0.0451. The molecule has 0 radical (unpaired) electrons. The third-order valence-electron chi connectivity index (χ3n) is 5.14. The fourth-order valence-electron chi connectivity index (χ4n) is 3.54. The molecule has 1 saturated heterocycles. The normalized spacial score (nSPS) is 15.9. The van der Waals surface area contributed by atoms with Gasteiger partial charge in [-0.1, -0.05) is 0 Å². The Morgan fingerprint density at radius 3 is 2.40 bits per heavy atom. The number of aryl methyl sites for hydroxylation is 1. The van der Waals surface area contributed by atoms with Gasteiger partial charge in [0.05, 0.1) is 17.1 Å². The topological polar surface area (TPSA) is 88.2 Å². The Morgan fingerprint density at radius 2 is 1.77 bits per heavy atom. The first-order valence-corrected chi connectivity index (χ1v) is 10.5. The predicted molar refractivity (Wildman–Crippen MR) is 113 cm³/mol. The van der Waals surface area contributed by atoms with Crippen LogP contribution < -0.4 is 14.8 Å². The van der Waals surface area contributed by atoms with Crippen molar-refractivity contribution in [3.05, 3.63) is 39.6 Å². The molecule has 1 fully saturated rings. The van der Waals surface area contributed by atoms with Gasteiger partial charge in [-0.2, -0.15) is 0 Å². The zero-order valence-electron chi connectivity index (χ0n) is 16.9. The number of nitrogens with zero attached hydrogens (tertiary/aromatic N) is 2. The van der Waals surface area contributed by atoms with E-state index in [2.05, 4.69) is 5.32 Å². The van der Waals surface area contributed by atoms with Crippen LogP contribution >= 0.6 is 11.3 Å². The number of carbonyl (C=O) groups excluding carboxylic acids is 3. The Hall–Kier alpha value is -2.91. The predicted octanol–water partition coefficient (Wildman–Crippen LogP) is 2.38. The van der Waals surface area contributed by atoms with Crippen molar-refractivity contribution >= 4 is 34.6 Å². The zero-order valence-corrected chi connectivity index (χ0v) is 17.7. The van der Waals surface area contributed by atoms with Crippen LogP contribution in [0.1, 0.15) is 31.8 Å². The second-order valence-corrected chi connectivity index (χ2v) is 8.62. The van der Waals surface area contributed by atoms with Crippen molar-refractivity contribution in [3.63, 3.8) is 0 Å². The molecule has 2 aliphatic rings. The van der Waals surface area contributed by atoms with Crippen molar-refractivity contribution in [2.45, 2.75) is 13.8 Å². The molecule has 1 N–H and O–H groups in total. The van der Waals surface area contributed by atoms with Crippen LogP contribution in [0.2, 0.25) is 0 Å². The number of fused-ring (bicyclic) bond motifs is 1. The molecule has 30 heavy (non-hydrogen) atoms. The molecule has 1 aromatic heterocycles. The van der Waals surface area contributed by atoms with Crippen LogP contribution in [0.5, 0.6) is 11.5 Å². The lowest BCUT2D eigenvalue weighted by atomic mass is 10.1. The van der Waals surface area contributed by atoms with Gasteiger partial charge in [0, 0.05) is 42.7 Å². The van der Waals surface area contributed by atoms with Crippen molar-refractivity contribution in [2.75, 3.05) is 44.8 Å². The molecule has 4 rings (SSSR count). The number of anilines is 1. The highest BCUT2D eigenvalue weighted by Crippen LogP contribution is 2.37. The lowest BCUT2D eigenvalue weighted by Gasteiger charge is -2.34. The minimum Gasteiger partial charge on any atom is -0.454 e. The number of rotatable bonds is 5. The molecular weight excluding hydrogens is 406 g/mol. The summed E-state index contributed by atoms with van der Waals surface area (Å²) in [4.78, 5) is 42.8. The maximum absolute atomic E-state index is 12.6. The van der Waals surface area contributed by atoms with Crippen molar-refractivity contribution in [3.8, 4) is 11.5 Å². The number of hydrogen-bond donors (Lipinski definition) is 1. The molecule has 1 aromatic carbocycles. The van der Waals surface area contributed by atoms with E-state index in [1.165, 1.54) is 18.3 Å². The number of Topliss-reactive ketones (excluding diaryl/α,β-unsaturated/α-hetero) is 1. The molecule has 0 spiro atoms.